The number of hydrogen-bond donors (Lipinski definition) is 2. The van der Waals surface area contributed by atoms with Crippen LogP contribution < -0.4 is 20.2 Å². The first kappa shape index (κ1) is 26.8. The molecule has 0 aliphatic carbocycles. The molecule has 0 aliphatic heterocycles. The van der Waals surface area contributed by atoms with Gasteiger partial charge in [0.05, 0.1) is 31.7 Å². The molecule has 0 fully saturated rings. The summed E-state index contributed by atoms with van der Waals surface area (Å²) in [5, 5.41) is 16.4. The van der Waals surface area contributed by atoms with Gasteiger partial charge in [-0.15, -0.1) is 16.8 Å². The van der Waals surface area contributed by atoms with Gasteiger partial charge in [-0.2, -0.15) is 5.10 Å². The van der Waals surface area contributed by atoms with Crippen molar-refractivity contribution in [3.8, 4) is 11.5 Å². The number of hydrazone groups is 1. The van der Waals surface area contributed by atoms with Crippen molar-refractivity contribution in [1.82, 2.24) is 20.2 Å². The van der Waals surface area contributed by atoms with Crippen LogP contribution >= 0.6 is 11.8 Å². The number of aryl methyl sites for hydroxylation is 1. The van der Waals surface area contributed by atoms with Crippen LogP contribution in [0.15, 0.2) is 65.4 Å². The topological polar surface area (TPSA) is 103 Å². The van der Waals surface area contributed by atoms with Crippen molar-refractivity contribution in [3.63, 3.8) is 0 Å². The Morgan fingerprint density at radius 2 is 1.94 bits per heavy atom. The highest BCUT2D eigenvalue weighted by molar-refractivity contribution is 8.00. The number of aromatic nitrogens is 3. The number of carbonyl (C=O) groups is 1. The Bertz CT molecular complexity index is 1220. The number of ether oxygens (including phenoxy) is 2. The van der Waals surface area contributed by atoms with Crippen LogP contribution in [0, 0.1) is 6.92 Å². The molecule has 190 valence electrons. The van der Waals surface area contributed by atoms with E-state index in [0.717, 1.165) is 17.1 Å². The smallest absolute Gasteiger partial charge is 0.253 e. The molecule has 1 atom stereocenters. The van der Waals surface area contributed by atoms with Gasteiger partial charge < -0.3 is 19.4 Å². The molecule has 36 heavy (non-hydrogen) atoms. The van der Waals surface area contributed by atoms with E-state index in [2.05, 4.69) is 32.6 Å². The summed E-state index contributed by atoms with van der Waals surface area (Å²) in [4.78, 5) is 12.8. The van der Waals surface area contributed by atoms with Crippen molar-refractivity contribution >= 4 is 29.1 Å². The van der Waals surface area contributed by atoms with E-state index in [9.17, 15) is 4.79 Å². The number of allylic oxidation sites excluding steroid dienone is 1. The summed E-state index contributed by atoms with van der Waals surface area (Å²) in [6, 6.07) is 13.6. The van der Waals surface area contributed by atoms with Crippen LogP contribution in [0.2, 0.25) is 0 Å². The molecule has 9 nitrogen and oxygen atoms in total. The molecule has 1 aromatic heterocycles. The van der Waals surface area contributed by atoms with Gasteiger partial charge in [-0.05, 0) is 45.0 Å². The Balaban J connectivity index is 1.65. The van der Waals surface area contributed by atoms with Crippen molar-refractivity contribution in [2.24, 2.45) is 5.10 Å². The van der Waals surface area contributed by atoms with Gasteiger partial charge in [-0.3, -0.25) is 4.79 Å². The molecule has 3 rings (SSSR count). The SMILES string of the molecule is C=CCn1c(CNc2ccc(C)cc2)nnc1S[C@@H](C)C(=O)NN=C(C)c1ccc(OC)cc1OC. The zero-order chi connectivity index (χ0) is 26.1. The zero-order valence-electron chi connectivity index (χ0n) is 21.2. The molecular formula is C26H32N6O3S. The number of hydrogen-bond acceptors (Lipinski definition) is 8. The summed E-state index contributed by atoms with van der Waals surface area (Å²) in [6.45, 7) is 10.5. The number of methoxy groups -OCH3 is 2. The minimum Gasteiger partial charge on any atom is -0.497 e. The largest absolute Gasteiger partial charge is 0.497 e. The van der Waals surface area contributed by atoms with E-state index in [1.807, 2.05) is 47.9 Å². The molecule has 1 amide bonds. The van der Waals surface area contributed by atoms with Crippen molar-refractivity contribution in [2.75, 3.05) is 19.5 Å². The molecular weight excluding hydrogens is 476 g/mol. The lowest BCUT2D eigenvalue weighted by Gasteiger charge is -2.13. The summed E-state index contributed by atoms with van der Waals surface area (Å²) >= 11 is 1.31. The maximum atomic E-state index is 12.8. The van der Waals surface area contributed by atoms with E-state index in [1.165, 1.54) is 17.3 Å². The minimum absolute atomic E-state index is 0.251. The number of benzene rings is 2. The van der Waals surface area contributed by atoms with Crippen LogP contribution in [-0.2, 0) is 17.9 Å². The molecule has 3 aromatic rings. The third-order valence-corrected chi connectivity index (χ3v) is 6.47. The fourth-order valence-corrected chi connectivity index (χ4v) is 4.17. The van der Waals surface area contributed by atoms with Gasteiger partial charge in [-0.25, -0.2) is 5.43 Å². The Kier molecular flexibility index (Phi) is 9.52. The van der Waals surface area contributed by atoms with Crippen molar-refractivity contribution in [1.29, 1.82) is 0 Å². The fourth-order valence-electron chi connectivity index (χ4n) is 3.30. The lowest BCUT2D eigenvalue weighted by molar-refractivity contribution is -0.120. The van der Waals surface area contributed by atoms with Gasteiger partial charge in [0, 0.05) is 23.9 Å². The van der Waals surface area contributed by atoms with E-state index in [1.54, 1.807) is 40.2 Å². The van der Waals surface area contributed by atoms with Crippen LogP contribution in [0.4, 0.5) is 5.69 Å². The van der Waals surface area contributed by atoms with E-state index in [0.29, 0.717) is 35.5 Å². The lowest BCUT2D eigenvalue weighted by atomic mass is 10.1. The highest BCUT2D eigenvalue weighted by Gasteiger charge is 2.20. The monoisotopic (exact) mass is 508 g/mol. The summed E-state index contributed by atoms with van der Waals surface area (Å²) in [7, 11) is 3.17. The number of carbonyl (C=O) groups excluding carboxylic acids is 1. The quantitative estimate of drug-likeness (QED) is 0.162. The number of amides is 1. The molecule has 0 radical (unpaired) electrons. The standard InChI is InChI=1S/C26H32N6O3S/c1-7-14-32-24(16-27-20-10-8-17(2)9-11-20)29-31-26(32)36-19(4)25(33)30-28-18(3)22-13-12-21(34-5)15-23(22)35-6/h7-13,15,19,27H,1,14,16H2,2-6H3,(H,30,33)/t19-/m0/s1. The van der Waals surface area contributed by atoms with Crippen LogP contribution in [0.3, 0.4) is 0 Å². The third kappa shape index (κ3) is 6.88. The predicted molar refractivity (Wildman–Crippen MR) is 144 cm³/mol. The highest BCUT2D eigenvalue weighted by Crippen LogP contribution is 2.26. The number of nitrogens with one attached hydrogen (secondary N) is 2. The number of rotatable bonds is 12. The first-order valence-electron chi connectivity index (χ1n) is 11.4. The summed E-state index contributed by atoms with van der Waals surface area (Å²) in [5.41, 5.74) is 6.21. The van der Waals surface area contributed by atoms with Gasteiger partial charge in [0.1, 0.15) is 11.5 Å². The van der Waals surface area contributed by atoms with Crippen molar-refractivity contribution in [2.45, 2.75) is 44.3 Å². The summed E-state index contributed by atoms with van der Waals surface area (Å²) in [5.74, 6) is 1.79. The van der Waals surface area contributed by atoms with E-state index in [4.69, 9.17) is 9.47 Å². The molecule has 10 heteroatoms. The second kappa shape index (κ2) is 12.8. The van der Waals surface area contributed by atoms with Crippen molar-refractivity contribution < 1.29 is 14.3 Å². The minimum atomic E-state index is -0.454. The number of thioether (sulfide) groups is 1. The molecule has 0 aliphatic rings. The molecule has 0 spiro atoms. The normalized spacial score (nSPS) is 12.1. The molecule has 2 aromatic carbocycles. The van der Waals surface area contributed by atoms with Crippen LogP contribution in [0.1, 0.15) is 30.8 Å². The van der Waals surface area contributed by atoms with Gasteiger partial charge in [-0.1, -0.05) is 35.5 Å². The first-order valence-corrected chi connectivity index (χ1v) is 12.3. The molecule has 1 heterocycles. The number of anilines is 1. The average Bonchev–Trinajstić information content (AvgIpc) is 3.27. The second-order valence-corrected chi connectivity index (χ2v) is 9.33. The third-order valence-electron chi connectivity index (χ3n) is 5.39. The maximum absolute atomic E-state index is 12.8. The van der Waals surface area contributed by atoms with Gasteiger partial charge in [0.2, 0.25) is 0 Å². The summed E-state index contributed by atoms with van der Waals surface area (Å²) in [6.07, 6.45) is 1.78. The lowest BCUT2D eigenvalue weighted by Crippen LogP contribution is -2.28. The molecule has 0 unspecified atom stereocenters. The van der Waals surface area contributed by atoms with Gasteiger partial charge in [0.25, 0.3) is 5.91 Å². The molecule has 0 bridgehead atoms. The summed E-state index contributed by atoms with van der Waals surface area (Å²) < 4.78 is 12.6. The molecule has 0 saturated carbocycles. The van der Waals surface area contributed by atoms with Crippen LogP contribution in [-0.4, -0.2) is 45.9 Å². The van der Waals surface area contributed by atoms with E-state index in [-0.39, 0.29) is 5.91 Å². The first-order chi connectivity index (χ1) is 17.4. The van der Waals surface area contributed by atoms with Crippen LogP contribution in [0.25, 0.3) is 0 Å². The Morgan fingerprint density at radius 3 is 2.61 bits per heavy atom. The molecule has 2 N–H and O–H groups in total. The number of nitrogens with zero attached hydrogens (tertiary/aromatic N) is 4. The average molecular weight is 509 g/mol. The Hall–Kier alpha value is -3.79. The Labute approximate surface area is 216 Å². The van der Waals surface area contributed by atoms with E-state index < -0.39 is 5.25 Å². The highest BCUT2D eigenvalue weighted by atomic mass is 32.2. The van der Waals surface area contributed by atoms with Crippen LogP contribution in [0.5, 0.6) is 11.5 Å². The fraction of sp³-hybridized carbons (Fsp3) is 0.308. The molecule has 0 saturated heterocycles. The Morgan fingerprint density at radius 1 is 1.19 bits per heavy atom. The van der Waals surface area contributed by atoms with Gasteiger partial charge >= 0.3 is 0 Å². The van der Waals surface area contributed by atoms with E-state index >= 15 is 0 Å². The van der Waals surface area contributed by atoms with Gasteiger partial charge in [0.15, 0.2) is 11.0 Å². The van der Waals surface area contributed by atoms with Crippen molar-refractivity contribution in [3.05, 3.63) is 72.1 Å². The second-order valence-electron chi connectivity index (χ2n) is 8.02. The maximum Gasteiger partial charge on any atom is 0.253 e. The zero-order valence-corrected chi connectivity index (χ0v) is 22.1. The predicted octanol–water partition coefficient (Wildman–Crippen LogP) is 4.42.